The van der Waals surface area contributed by atoms with E-state index in [1.807, 2.05) is 0 Å². The summed E-state index contributed by atoms with van der Waals surface area (Å²) in [5, 5.41) is 0. The van der Waals surface area contributed by atoms with Gasteiger partial charge >= 0.3 is 27.5 Å². The summed E-state index contributed by atoms with van der Waals surface area (Å²) in [6.07, 6.45) is 0. The first-order chi connectivity index (χ1) is 1.00. The van der Waals surface area contributed by atoms with Crippen LogP contribution in [-0.2, 0) is 2.81 Å². The number of halogens is 1. The van der Waals surface area contributed by atoms with E-state index < -0.39 is 0 Å². The molecule has 0 heterocycles. The second-order valence-corrected chi connectivity index (χ2v) is 0. The van der Waals surface area contributed by atoms with E-state index in [4.69, 9.17) is 2.81 Å². The molecule has 0 atom stereocenters. The molecule has 1 radical (unpaired) electrons. The van der Waals surface area contributed by atoms with E-state index in [2.05, 4.69) is 0 Å². The Kier molecular flexibility index (Phi) is 198. The molecule has 4 heavy (non-hydrogen) atoms. The van der Waals surface area contributed by atoms with Crippen LogP contribution in [0.3, 0.4) is 0 Å². The molecule has 2 nitrogen and oxygen atoms in total. The van der Waals surface area contributed by atoms with Crippen LogP contribution in [0.15, 0.2) is 0 Å². The van der Waals surface area contributed by atoms with E-state index in [-0.39, 0.29) is 42.6 Å². The standard InChI is InChI=1S/Bi.ClH.H2O.O/h;1H;1H2;. The van der Waals surface area contributed by atoms with Gasteiger partial charge in [-0.3, -0.25) is 0 Å². The molecule has 4 heteroatoms. The molecule has 0 fully saturated rings. The quantitative estimate of drug-likeness (QED) is 0.530. The van der Waals surface area contributed by atoms with Crippen LogP contribution in [0.2, 0.25) is 0 Å². The molecular formula is H3BiClO2. The Bertz CT molecular complexity index is 6.00. The number of hydrogen-bond donors (Lipinski definition) is 0. The van der Waals surface area contributed by atoms with Crippen molar-refractivity contribution in [2.45, 2.75) is 0 Å². The molecule has 0 aromatic heterocycles. The first-order valence-electron chi connectivity index (χ1n) is 0.183. The predicted molar refractivity (Wildman–Crippen MR) is 17.3 cm³/mol. The Morgan fingerprint density at radius 3 is 1.25 bits per heavy atom. The molecule has 0 rings (SSSR count). The molecule has 0 aromatic carbocycles. The van der Waals surface area contributed by atoms with Gasteiger partial charge in [0.2, 0.25) is 0 Å². The normalized spacial score (nSPS) is 1.00. The van der Waals surface area contributed by atoms with Crippen LogP contribution in [0.25, 0.3) is 0 Å². The van der Waals surface area contributed by atoms with Gasteiger partial charge in [-0.25, -0.2) is 0 Å². The van der Waals surface area contributed by atoms with Crippen LogP contribution < -0.4 is 0 Å². The van der Waals surface area contributed by atoms with Crippen molar-refractivity contribution in [1.29, 1.82) is 0 Å². The average molecular weight is 279 g/mol. The van der Waals surface area contributed by atoms with E-state index in [9.17, 15) is 0 Å². The van der Waals surface area contributed by atoms with Crippen molar-refractivity contribution in [3.8, 4) is 0 Å². The van der Waals surface area contributed by atoms with Gasteiger partial charge in [0.05, 0.1) is 0 Å². The Morgan fingerprint density at radius 2 is 1.25 bits per heavy atom. The minimum atomic E-state index is 0. The van der Waals surface area contributed by atoms with Gasteiger partial charge < -0.3 is 5.48 Å². The number of rotatable bonds is 0. The fourth-order valence-corrected chi connectivity index (χ4v) is 0. The molecule has 0 saturated carbocycles. The molecule has 0 aliphatic rings. The molecular weight excluding hydrogens is 276 g/mol. The van der Waals surface area contributed by atoms with Crippen molar-refractivity contribution in [3.05, 3.63) is 0 Å². The van der Waals surface area contributed by atoms with Gasteiger partial charge in [0.25, 0.3) is 0 Å². The zero-order chi connectivity index (χ0) is 2.00. The second-order valence-electron chi connectivity index (χ2n) is 0. The van der Waals surface area contributed by atoms with Crippen molar-refractivity contribution in [3.63, 3.8) is 0 Å². The zero-order valence-electron chi connectivity index (χ0n) is 1.76. The van der Waals surface area contributed by atoms with Crippen molar-refractivity contribution in [2.75, 3.05) is 0 Å². The van der Waals surface area contributed by atoms with Gasteiger partial charge in [0.1, 0.15) is 0 Å². The van der Waals surface area contributed by atoms with E-state index in [0.29, 0.717) is 0 Å². The molecule has 0 aliphatic heterocycles. The molecule has 0 saturated heterocycles. The summed E-state index contributed by atoms with van der Waals surface area (Å²) in [4.78, 5) is 0. The predicted octanol–water partition coefficient (Wildman–Crippen LogP) is -0.903. The fourth-order valence-electron chi connectivity index (χ4n) is 0. The maximum atomic E-state index is 8.36. The van der Waals surface area contributed by atoms with Crippen molar-refractivity contribution in [1.82, 2.24) is 0 Å². The van der Waals surface area contributed by atoms with Crippen LogP contribution in [0.1, 0.15) is 0 Å². The zero-order valence-corrected chi connectivity index (χ0v) is 6.06. The fraction of sp³-hybridized carbons (Fsp3) is 0. The third-order valence-electron chi connectivity index (χ3n) is 0. The number of hydrogen-bond acceptors (Lipinski definition) is 1. The van der Waals surface area contributed by atoms with Crippen LogP contribution in [0.4, 0.5) is 0 Å². The summed E-state index contributed by atoms with van der Waals surface area (Å²) in [5.41, 5.74) is 0. The van der Waals surface area contributed by atoms with Gasteiger partial charge in [0, 0.05) is 0 Å². The van der Waals surface area contributed by atoms with E-state index >= 15 is 0 Å². The molecule has 27 valence electrons. The van der Waals surface area contributed by atoms with Crippen LogP contribution in [0, 0.1) is 0 Å². The summed E-state index contributed by atoms with van der Waals surface area (Å²) < 4.78 is 8.36. The summed E-state index contributed by atoms with van der Waals surface area (Å²) >= 11 is 0.194. The first kappa shape index (κ1) is 20.4. The second kappa shape index (κ2) is 38.9. The summed E-state index contributed by atoms with van der Waals surface area (Å²) in [5.74, 6) is 0. The Hall–Kier alpha value is 0.933. The van der Waals surface area contributed by atoms with Crippen LogP contribution >= 0.6 is 12.4 Å². The van der Waals surface area contributed by atoms with Gasteiger partial charge in [0.15, 0.2) is 0 Å². The first-order valence-corrected chi connectivity index (χ1v) is 1.60. The Labute approximate surface area is 45.6 Å². The molecule has 0 amide bonds. The van der Waals surface area contributed by atoms with Gasteiger partial charge in [-0.05, 0) is 0 Å². The Balaban J connectivity index is -0.00000000500. The summed E-state index contributed by atoms with van der Waals surface area (Å²) in [6.45, 7) is 0. The average Bonchev–Trinajstić information content (AvgIpc) is 1.00. The van der Waals surface area contributed by atoms with Crippen LogP contribution in [-0.4, -0.2) is 30.2 Å². The molecule has 0 aromatic rings. The SMILES string of the molecule is Cl.O.[O]=[Bi]. The molecule has 0 aliphatic carbocycles. The molecule has 0 spiro atoms. The third kappa shape index (κ3) is 12.6. The van der Waals surface area contributed by atoms with Crippen LogP contribution in [0.5, 0.6) is 0 Å². The summed E-state index contributed by atoms with van der Waals surface area (Å²) in [6, 6.07) is 0. The van der Waals surface area contributed by atoms with Gasteiger partial charge in [-0.15, -0.1) is 12.4 Å². The Morgan fingerprint density at radius 1 is 1.25 bits per heavy atom. The topological polar surface area (TPSA) is 48.6 Å². The molecule has 0 unspecified atom stereocenters. The third-order valence-corrected chi connectivity index (χ3v) is 0. The van der Waals surface area contributed by atoms with E-state index in [1.54, 1.807) is 0 Å². The van der Waals surface area contributed by atoms with E-state index in [0.717, 1.165) is 0 Å². The minimum absolute atomic E-state index is 0. The van der Waals surface area contributed by atoms with Crippen molar-refractivity contribution in [2.24, 2.45) is 0 Å². The van der Waals surface area contributed by atoms with E-state index in [1.165, 1.54) is 0 Å². The molecule has 2 N–H and O–H groups in total. The van der Waals surface area contributed by atoms with Crippen molar-refractivity contribution < 1.29 is 8.29 Å². The maximum absolute atomic E-state index is 8.36. The summed E-state index contributed by atoms with van der Waals surface area (Å²) in [7, 11) is 0. The van der Waals surface area contributed by atoms with Crippen molar-refractivity contribution >= 4 is 37.1 Å². The molecule has 0 bridgehead atoms. The van der Waals surface area contributed by atoms with Gasteiger partial charge in [-0.2, -0.15) is 0 Å². The monoisotopic (exact) mass is 279 g/mol. The van der Waals surface area contributed by atoms with Gasteiger partial charge in [-0.1, -0.05) is 0 Å².